The van der Waals surface area contributed by atoms with Gasteiger partial charge in [-0.3, -0.25) is 4.79 Å². The first-order valence-electron chi connectivity index (χ1n) is 7.09. The van der Waals surface area contributed by atoms with Crippen molar-refractivity contribution in [3.8, 4) is 11.5 Å². The van der Waals surface area contributed by atoms with E-state index in [0.29, 0.717) is 17.1 Å². The Bertz CT molecular complexity index is 529. The smallest absolute Gasteiger partial charge is 0.328 e. The highest BCUT2D eigenvalue weighted by Crippen LogP contribution is 2.27. The Balaban J connectivity index is 2.97. The van der Waals surface area contributed by atoms with Crippen molar-refractivity contribution in [2.45, 2.75) is 26.3 Å². The molecule has 1 N–H and O–H groups in total. The van der Waals surface area contributed by atoms with Crippen LogP contribution in [0.5, 0.6) is 11.5 Å². The Labute approximate surface area is 130 Å². The van der Waals surface area contributed by atoms with E-state index in [4.69, 9.17) is 14.2 Å². The predicted molar refractivity (Wildman–Crippen MR) is 82.3 cm³/mol. The van der Waals surface area contributed by atoms with Gasteiger partial charge in [-0.1, -0.05) is 20.3 Å². The van der Waals surface area contributed by atoms with E-state index in [-0.39, 0.29) is 11.8 Å². The highest BCUT2D eigenvalue weighted by Gasteiger charge is 2.27. The minimum absolute atomic E-state index is 0.0310. The van der Waals surface area contributed by atoms with Crippen LogP contribution in [0.25, 0.3) is 0 Å². The first-order valence-corrected chi connectivity index (χ1v) is 7.09. The van der Waals surface area contributed by atoms with E-state index in [2.05, 4.69) is 5.32 Å². The zero-order chi connectivity index (χ0) is 16.7. The van der Waals surface area contributed by atoms with Crippen LogP contribution in [0, 0.1) is 5.92 Å². The molecule has 0 saturated carbocycles. The fourth-order valence-corrected chi connectivity index (χ4v) is 2.00. The molecule has 0 aliphatic rings. The molecule has 22 heavy (non-hydrogen) atoms. The van der Waals surface area contributed by atoms with Gasteiger partial charge in [0.25, 0.3) is 5.91 Å². The maximum absolute atomic E-state index is 12.3. The van der Waals surface area contributed by atoms with Crippen LogP contribution in [0.2, 0.25) is 0 Å². The van der Waals surface area contributed by atoms with Crippen molar-refractivity contribution in [1.82, 2.24) is 5.32 Å². The summed E-state index contributed by atoms with van der Waals surface area (Å²) < 4.78 is 15.1. The van der Waals surface area contributed by atoms with Crippen LogP contribution in [0.3, 0.4) is 0 Å². The number of hydrogen-bond acceptors (Lipinski definition) is 5. The van der Waals surface area contributed by atoms with Crippen molar-refractivity contribution in [1.29, 1.82) is 0 Å². The molecule has 6 nitrogen and oxygen atoms in total. The summed E-state index contributed by atoms with van der Waals surface area (Å²) in [5, 5.41) is 2.71. The highest BCUT2D eigenvalue weighted by molar-refractivity contribution is 5.97. The van der Waals surface area contributed by atoms with E-state index in [1.165, 1.54) is 21.3 Å². The number of amides is 1. The van der Waals surface area contributed by atoms with Crippen LogP contribution in [-0.4, -0.2) is 39.2 Å². The van der Waals surface area contributed by atoms with Crippen molar-refractivity contribution < 1.29 is 23.8 Å². The van der Waals surface area contributed by atoms with Gasteiger partial charge in [0.05, 0.1) is 21.3 Å². The van der Waals surface area contributed by atoms with Crippen molar-refractivity contribution in [3.05, 3.63) is 23.8 Å². The molecule has 6 heteroatoms. The van der Waals surface area contributed by atoms with Gasteiger partial charge in [0.1, 0.15) is 6.04 Å². The lowest BCUT2D eigenvalue weighted by molar-refractivity contribution is -0.144. The summed E-state index contributed by atoms with van der Waals surface area (Å²) in [7, 11) is 4.32. The zero-order valence-electron chi connectivity index (χ0n) is 13.6. The van der Waals surface area contributed by atoms with Gasteiger partial charge in [-0.25, -0.2) is 4.79 Å². The quantitative estimate of drug-likeness (QED) is 0.780. The molecule has 1 amide bonds. The Morgan fingerprint density at radius 3 is 2.27 bits per heavy atom. The molecule has 0 aliphatic carbocycles. The molecule has 0 spiro atoms. The molecular weight excluding hydrogens is 286 g/mol. The van der Waals surface area contributed by atoms with E-state index >= 15 is 0 Å². The lowest BCUT2D eigenvalue weighted by Gasteiger charge is -2.22. The van der Waals surface area contributed by atoms with E-state index < -0.39 is 12.0 Å². The van der Waals surface area contributed by atoms with Gasteiger partial charge >= 0.3 is 5.97 Å². The SMILES string of the molecule is CC[C@H](C)[C@@H](NC(=O)c1ccc(OC)c(OC)c1)C(=O)OC. The van der Waals surface area contributed by atoms with Gasteiger partial charge in [0.15, 0.2) is 11.5 Å². The van der Waals surface area contributed by atoms with Crippen LogP contribution in [0.1, 0.15) is 30.6 Å². The van der Waals surface area contributed by atoms with Crippen LogP contribution in [0.4, 0.5) is 0 Å². The third-order valence-electron chi connectivity index (χ3n) is 3.60. The Kier molecular flexibility index (Phi) is 6.69. The first-order chi connectivity index (χ1) is 10.5. The molecule has 122 valence electrons. The maximum Gasteiger partial charge on any atom is 0.328 e. The maximum atomic E-state index is 12.3. The third kappa shape index (κ3) is 4.13. The van der Waals surface area contributed by atoms with E-state index in [1.54, 1.807) is 18.2 Å². The minimum atomic E-state index is -0.685. The fraction of sp³-hybridized carbons (Fsp3) is 0.500. The van der Waals surface area contributed by atoms with Crippen molar-refractivity contribution in [2.24, 2.45) is 5.92 Å². The summed E-state index contributed by atoms with van der Waals surface area (Å²) in [6, 6.07) is 4.14. The fourth-order valence-electron chi connectivity index (χ4n) is 2.00. The normalized spacial score (nSPS) is 13.0. The van der Waals surface area contributed by atoms with Crippen molar-refractivity contribution >= 4 is 11.9 Å². The monoisotopic (exact) mass is 309 g/mol. The number of esters is 1. The van der Waals surface area contributed by atoms with Gasteiger partial charge in [-0.2, -0.15) is 0 Å². The standard InChI is InChI=1S/C16H23NO5/c1-6-10(2)14(16(19)22-5)17-15(18)11-7-8-12(20-3)13(9-11)21-4/h7-10,14H,6H2,1-5H3,(H,17,18)/t10-,14+/m0/s1. The van der Waals surface area contributed by atoms with Gasteiger partial charge < -0.3 is 19.5 Å². The van der Waals surface area contributed by atoms with E-state index in [9.17, 15) is 9.59 Å². The summed E-state index contributed by atoms with van der Waals surface area (Å²) in [6.45, 7) is 3.83. The second-order valence-corrected chi connectivity index (χ2v) is 4.93. The van der Waals surface area contributed by atoms with Gasteiger partial charge in [0.2, 0.25) is 0 Å². The molecule has 1 rings (SSSR count). The number of methoxy groups -OCH3 is 3. The third-order valence-corrected chi connectivity index (χ3v) is 3.60. The van der Waals surface area contributed by atoms with Gasteiger partial charge in [-0.05, 0) is 24.1 Å². The molecule has 0 radical (unpaired) electrons. The van der Waals surface area contributed by atoms with Gasteiger partial charge in [0, 0.05) is 5.56 Å². The summed E-state index contributed by atoms with van der Waals surface area (Å²) in [5.41, 5.74) is 0.384. The summed E-state index contributed by atoms with van der Waals surface area (Å²) in [6.07, 6.45) is 0.742. The van der Waals surface area contributed by atoms with Gasteiger partial charge in [-0.15, -0.1) is 0 Å². The summed E-state index contributed by atoms with van der Waals surface area (Å²) in [4.78, 5) is 24.2. The molecule has 2 atom stereocenters. The van der Waals surface area contributed by atoms with E-state index in [1.807, 2.05) is 13.8 Å². The second-order valence-electron chi connectivity index (χ2n) is 4.93. The number of nitrogens with one attached hydrogen (secondary N) is 1. The Hall–Kier alpha value is -2.24. The number of rotatable bonds is 7. The average Bonchev–Trinajstić information content (AvgIpc) is 2.57. The first kappa shape index (κ1) is 17.8. The molecule has 0 bridgehead atoms. The average molecular weight is 309 g/mol. The molecule has 0 heterocycles. The summed E-state index contributed by atoms with van der Waals surface area (Å²) >= 11 is 0. The number of ether oxygens (including phenoxy) is 3. The van der Waals surface area contributed by atoms with Crippen molar-refractivity contribution in [3.63, 3.8) is 0 Å². The predicted octanol–water partition coefficient (Wildman–Crippen LogP) is 2.02. The number of hydrogen-bond donors (Lipinski definition) is 1. The van der Waals surface area contributed by atoms with Crippen molar-refractivity contribution in [2.75, 3.05) is 21.3 Å². The topological polar surface area (TPSA) is 73.9 Å². The Morgan fingerprint density at radius 1 is 1.14 bits per heavy atom. The van der Waals surface area contributed by atoms with Crippen LogP contribution in [-0.2, 0) is 9.53 Å². The Morgan fingerprint density at radius 2 is 1.77 bits per heavy atom. The number of carbonyl (C=O) groups is 2. The lowest BCUT2D eigenvalue weighted by Crippen LogP contribution is -2.45. The molecule has 0 fully saturated rings. The molecule has 0 saturated heterocycles. The van der Waals surface area contributed by atoms with Crippen LogP contribution in [0.15, 0.2) is 18.2 Å². The molecular formula is C16H23NO5. The highest BCUT2D eigenvalue weighted by atomic mass is 16.5. The largest absolute Gasteiger partial charge is 0.493 e. The summed E-state index contributed by atoms with van der Waals surface area (Å²) in [5.74, 6) is 0.134. The lowest BCUT2D eigenvalue weighted by atomic mass is 9.99. The second kappa shape index (κ2) is 8.26. The van der Waals surface area contributed by atoms with Crippen LogP contribution >= 0.6 is 0 Å². The molecule has 0 unspecified atom stereocenters. The number of benzene rings is 1. The van der Waals surface area contributed by atoms with E-state index in [0.717, 1.165) is 6.42 Å². The molecule has 1 aromatic rings. The number of carbonyl (C=O) groups excluding carboxylic acids is 2. The molecule has 0 aromatic heterocycles. The van der Waals surface area contributed by atoms with Crippen LogP contribution < -0.4 is 14.8 Å². The molecule has 1 aromatic carbocycles. The molecule has 0 aliphatic heterocycles. The minimum Gasteiger partial charge on any atom is -0.493 e. The zero-order valence-corrected chi connectivity index (χ0v) is 13.6.